The molecule has 3 N–H and O–H groups in total. The van der Waals surface area contributed by atoms with Crippen LogP contribution in [-0.2, 0) is 17.7 Å². The van der Waals surface area contributed by atoms with E-state index in [-0.39, 0.29) is 11.6 Å². The molecule has 0 saturated heterocycles. The zero-order valence-corrected chi connectivity index (χ0v) is 11.2. The molecule has 0 spiro atoms. The molecule has 1 heterocycles. The summed E-state index contributed by atoms with van der Waals surface area (Å²) in [6.45, 7) is 3.03. The zero-order valence-electron chi connectivity index (χ0n) is 11.2. The molecule has 1 aliphatic carbocycles. The number of nitrogens with zero attached hydrogens (tertiary/aromatic N) is 3. The summed E-state index contributed by atoms with van der Waals surface area (Å²) in [5, 5.41) is 4.24. The second kappa shape index (κ2) is 5.77. The lowest BCUT2D eigenvalue weighted by molar-refractivity contribution is -0.0987. The van der Waals surface area contributed by atoms with E-state index in [1.807, 2.05) is 4.68 Å². The highest BCUT2D eigenvalue weighted by Gasteiger charge is 2.44. The van der Waals surface area contributed by atoms with Gasteiger partial charge in [0, 0.05) is 20.1 Å². The summed E-state index contributed by atoms with van der Waals surface area (Å²) in [5.41, 5.74) is 2.77. The number of ether oxygens (including phenoxy) is 1. The molecule has 1 aromatic rings. The first-order valence-corrected chi connectivity index (χ1v) is 6.63. The molecule has 0 bridgehead atoms. The number of hydrazine groups is 1. The van der Waals surface area contributed by atoms with Crippen molar-refractivity contribution in [3.8, 4) is 0 Å². The summed E-state index contributed by atoms with van der Waals surface area (Å²) in [7, 11) is 1.76. The normalized spacial score (nSPS) is 19.5. The fraction of sp³-hybridized carbons (Fsp3) is 0.833. The van der Waals surface area contributed by atoms with E-state index in [1.165, 1.54) is 6.42 Å². The zero-order chi connectivity index (χ0) is 13.0. The Morgan fingerprint density at radius 1 is 1.61 bits per heavy atom. The molecule has 6 heteroatoms. The second-order valence-electron chi connectivity index (χ2n) is 4.95. The van der Waals surface area contributed by atoms with Crippen molar-refractivity contribution >= 4 is 0 Å². The summed E-state index contributed by atoms with van der Waals surface area (Å²) in [4.78, 5) is 4.33. The van der Waals surface area contributed by atoms with Crippen LogP contribution in [0.1, 0.15) is 38.4 Å². The molecule has 18 heavy (non-hydrogen) atoms. The maximum Gasteiger partial charge on any atom is 0.138 e. The quantitative estimate of drug-likeness (QED) is 0.550. The Morgan fingerprint density at radius 3 is 2.89 bits per heavy atom. The van der Waals surface area contributed by atoms with Crippen LogP contribution in [0.15, 0.2) is 6.33 Å². The number of aromatic nitrogens is 3. The number of nitrogens with two attached hydrogens (primary N) is 1. The summed E-state index contributed by atoms with van der Waals surface area (Å²) < 4.78 is 7.63. The van der Waals surface area contributed by atoms with Gasteiger partial charge in [0.25, 0.3) is 0 Å². The smallest absolute Gasteiger partial charge is 0.138 e. The van der Waals surface area contributed by atoms with Crippen molar-refractivity contribution in [2.24, 2.45) is 5.84 Å². The maximum atomic E-state index is 5.70. The molecule has 0 amide bonds. The number of hydrogen-bond donors (Lipinski definition) is 2. The van der Waals surface area contributed by atoms with Crippen LogP contribution in [0.2, 0.25) is 0 Å². The first kappa shape index (κ1) is 13.5. The third-order valence-corrected chi connectivity index (χ3v) is 3.96. The lowest BCUT2D eigenvalue weighted by Gasteiger charge is -2.46. The molecule has 102 valence electrons. The van der Waals surface area contributed by atoms with Crippen molar-refractivity contribution in [1.29, 1.82) is 0 Å². The van der Waals surface area contributed by atoms with E-state index in [2.05, 4.69) is 22.4 Å². The Balaban J connectivity index is 2.07. The van der Waals surface area contributed by atoms with Gasteiger partial charge in [0.2, 0.25) is 0 Å². The van der Waals surface area contributed by atoms with Gasteiger partial charge in [0.15, 0.2) is 0 Å². The molecule has 0 aliphatic heterocycles. The first-order chi connectivity index (χ1) is 8.75. The average molecular weight is 253 g/mol. The highest BCUT2D eigenvalue weighted by Crippen LogP contribution is 2.38. The summed E-state index contributed by atoms with van der Waals surface area (Å²) in [5.74, 6) is 6.67. The van der Waals surface area contributed by atoms with Crippen LogP contribution < -0.4 is 11.3 Å². The van der Waals surface area contributed by atoms with E-state index in [1.54, 1.807) is 13.4 Å². The number of hydrogen-bond acceptors (Lipinski definition) is 5. The molecule has 6 nitrogen and oxygen atoms in total. The van der Waals surface area contributed by atoms with Crippen LogP contribution >= 0.6 is 0 Å². The second-order valence-corrected chi connectivity index (χ2v) is 4.95. The third kappa shape index (κ3) is 2.41. The van der Waals surface area contributed by atoms with Gasteiger partial charge >= 0.3 is 0 Å². The molecule has 0 radical (unpaired) electrons. The van der Waals surface area contributed by atoms with Crippen molar-refractivity contribution < 1.29 is 4.74 Å². The molecular formula is C12H23N5O. The number of aryl methyl sites for hydroxylation is 1. The van der Waals surface area contributed by atoms with Gasteiger partial charge in [-0.1, -0.05) is 6.92 Å². The van der Waals surface area contributed by atoms with Gasteiger partial charge in [-0.15, -0.1) is 0 Å². The van der Waals surface area contributed by atoms with Crippen molar-refractivity contribution in [1.82, 2.24) is 20.2 Å². The highest BCUT2D eigenvalue weighted by atomic mass is 16.5. The molecular weight excluding hydrogens is 230 g/mol. The van der Waals surface area contributed by atoms with Crippen LogP contribution in [0.4, 0.5) is 0 Å². The van der Waals surface area contributed by atoms with Gasteiger partial charge in [-0.05, 0) is 25.7 Å². The molecule has 1 aromatic heterocycles. The van der Waals surface area contributed by atoms with Crippen LogP contribution in [-0.4, -0.2) is 33.5 Å². The van der Waals surface area contributed by atoms with Crippen LogP contribution in [0.25, 0.3) is 0 Å². The molecule has 1 atom stereocenters. The first-order valence-electron chi connectivity index (χ1n) is 6.63. The van der Waals surface area contributed by atoms with Crippen molar-refractivity contribution in [3.63, 3.8) is 0 Å². The van der Waals surface area contributed by atoms with Crippen molar-refractivity contribution in [2.75, 3.05) is 7.11 Å². The molecule has 2 rings (SSSR count). The minimum atomic E-state index is -0.127. The van der Waals surface area contributed by atoms with E-state index in [4.69, 9.17) is 10.6 Å². The lowest BCUT2D eigenvalue weighted by Crippen LogP contribution is -2.59. The average Bonchev–Trinajstić information content (AvgIpc) is 2.75. The number of rotatable bonds is 7. The molecule has 1 aliphatic rings. The predicted octanol–water partition coefficient (Wildman–Crippen LogP) is 0.632. The highest BCUT2D eigenvalue weighted by molar-refractivity contribution is 5.03. The van der Waals surface area contributed by atoms with E-state index in [0.717, 1.165) is 38.1 Å². The summed E-state index contributed by atoms with van der Waals surface area (Å²) in [6.07, 6.45) is 6.73. The van der Waals surface area contributed by atoms with Gasteiger partial charge in [0.1, 0.15) is 12.2 Å². The van der Waals surface area contributed by atoms with Gasteiger partial charge in [-0.2, -0.15) is 5.10 Å². The maximum absolute atomic E-state index is 5.70. The van der Waals surface area contributed by atoms with E-state index in [9.17, 15) is 0 Å². The van der Waals surface area contributed by atoms with E-state index >= 15 is 0 Å². The monoisotopic (exact) mass is 253 g/mol. The minimum absolute atomic E-state index is 0.0936. The summed E-state index contributed by atoms with van der Waals surface area (Å²) in [6, 6.07) is 0.0936. The fourth-order valence-corrected chi connectivity index (χ4v) is 2.64. The topological polar surface area (TPSA) is 78.0 Å². The van der Waals surface area contributed by atoms with Gasteiger partial charge in [0.05, 0.1) is 11.6 Å². The summed E-state index contributed by atoms with van der Waals surface area (Å²) >= 11 is 0. The predicted molar refractivity (Wildman–Crippen MR) is 68.7 cm³/mol. The molecule has 1 fully saturated rings. The standard InChI is InChI=1S/C12H23N5O/c1-3-7-17-11(14-9-15-17)8-10(16-13)12(18-2)5-4-6-12/h9-10,16H,3-8,13H2,1-2H3. The van der Waals surface area contributed by atoms with Crippen molar-refractivity contribution in [3.05, 3.63) is 12.2 Å². The molecule has 1 saturated carbocycles. The Kier molecular flexibility index (Phi) is 4.31. The fourth-order valence-electron chi connectivity index (χ4n) is 2.64. The van der Waals surface area contributed by atoms with E-state index in [0.29, 0.717) is 0 Å². The van der Waals surface area contributed by atoms with Crippen molar-refractivity contribution in [2.45, 2.75) is 57.2 Å². The number of methoxy groups -OCH3 is 1. The third-order valence-electron chi connectivity index (χ3n) is 3.96. The van der Waals surface area contributed by atoms with Gasteiger partial charge < -0.3 is 4.74 Å². The Morgan fingerprint density at radius 2 is 2.39 bits per heavy atom. The van der Waals surface area contributed by atoms with Gasteiger partial charge in [-0.25, -0.2) is 4.98 Å². The largest absolute Gasteiger partial charge is 0.377 e. The Bertz CT molecular complexity index is 369. The minimum Gasteiger partial charge on any atom is -0.377 e. The Labute approximate surface area is 108 Å². The Hall–Kier alpha value is -0.980. The number of nitrogens with one attached hydrogen (secondary N) is 1. The van der Waals surface area contributed by atoms with Gasteiger partial charge in [-0.3, -0.25) is 16.0 Å². The van der Waals surface area contributed by atoms with Crippen LogP contribution in [0, 0.1) is 0 Å². The van der Waals surface area contributed by atoms with Crippen LogP contribution in [0.5, 0.6) is 0 Å². The molecule has 1 unspecified atom stereocenters. The SMILES string of the molecule is CCCn1ncnc1CC(NN)C1(OC)CCC1. The molecule has 0 aromatic carbocycles. The lowest BCUT2D eigenvalue weighted by atomic mass is 9.73. The van der Waals surface area contributed by atoms with E-state index < -0.39 is 0 Å². The van der Waals surface area contributed by atoms with Crippen LogP contribution in [0.3, 0.4) is 0 Å².